The van der Waals surface area contributed by atoms with Crippen molar-refractivity contribution >= 4 is 21.9 Å². The van der Waals surface area contributed by atoms with E-state index in [1.54, 1.807) is 0 Å². The number of aliphatic hydroxyl groups is 1. The van der Waals surface area contributed by atoms with E-state index in [1.807, 2.05) is 0 Å². The number of ether oxygens (including phenoxy) is 1. The van der Waals surface area contributed by atoms with Gasteiger partial charge in [0.15, 0.2) is 0 Å². The quantitative estimate of drug-likeness (QED) is 0.616. The average Bonchev–Trinajstić information content (AvgIpc) is 2.55. The van der Waals surface area contributed by atoms with Crippen molar-refractivity contribution in [3.63, 3.8) is 0 Å². The summed E-state index contributed by atoms with van der Waals surface area (Å²) in [6, 6.07) is 0.609. The first-order valence-electron chi connectivity index (χ1n) is 5.76. The molecule has 0 radical (unpaired) electrons. The Bertz CT molecular complexity index is 274. The van der Waals surface area contributed by atoms with Crippen molar-refractivity contribution in [3.8, 4) is 0 Å². The molecule has 0 saturated carbocycles. The van der Waals surface area contributed by atoms with Crippen molar-refractivity contribution in [3.05, 3.63) is 0 Å². The van der Waals surface area contributed by atoms with Crippen LogP contribution in [0.25, 0.3) is 0 Å². The molecule has 2 bridgehead atoms. The van der Waals surface area contributed by atoms with E-state index in [-0.39, 0.29) is 17.9 Å². The maximum Gasteiger partial charge on any atom is 0.312 e. The molecule has 16 heavy (non-hydrogen) atoms. The lowest BCUT2D eigenvalue weighted by Crippen LogP contribution is -2.54. The largest absolute Gasteiger partial charge is 0.469 e. The highest BCUT2D eigenvalue weighted by Crippen LogP contribution is 2.39. The van der Waals surface area contributed by atoms with Crippen molar-refractivity contribution < 1.29 is 14.6 Å². The lowest BCUT2D eigenvalue weighted by Gasteiger charge is -2.41. The number of piperidine rings is 1. The minimum atomic E-state index is -0.531. The first-order chi connectivity index (χ1) is 7.69. The Hall–Kier alpha value is -0.130. The first kappa shape index (κ1) is 12.3. The van der Waals surface area contributed by atoms with Gasteiger partial charge in [-0.3, -0.25) is 9.69 Å². The van der Waals surface area contributed by atoms with Crippen LogP contribution in [-0.2, 0) is 9.53 Å². The van der Waals surface area contributed by atoms with Gasteiger partial charge >= 0.3 is 5.97 Å². The second-order valence-corrected chi connectivity index (χ2v) is 5.37. The molecule has 4 atom stereocenters. The Labute approximate surface area is 104 Å². The summed E-state index contributed by atoms with van der Waals surface area (Å²) < 4.78 is 4.80. The Morgan fingerprint density at radius 1 is 1.56 bits per heavy atom. The smallest absolute Gasteiger partial charge is 0.312 e. The van der Waals surface area contributed by atoms with Crippen LogP contribution >= 0.6 is 15.9 Å². The zero-order chi connectivity index (χ0) is 11.7. The van der Waals surface area contributed by atoms with E-state index in [0.717, 1.165) is 24.7 Å². The minimum absolute atomic E-state index is 0.166. The maximum absolute atomic E-state index is 11.7. The lowest BCUT2D eigenvalue weighted by molar-refractivity contribution is -0.156. The molecule has 2 aliphatic heterocycles. The molecule has 5 heteroatoms. The number of nitrogens with zero attached hydrogens (tertiary/aromatic N) is 1. The Kier molecular flexibility index (Phi) is 3.87. The highest BCUT2D eigenvalue weighted by atomic mass is 79.9. The first-order valence-corrected chi connectivity index (χ1v) is 6.88. The molecular weight excluding hydrogens is 274 g/mol. The number of carbonyl (C=O) groups excluding carboxylic acids is 1. The monoisotopic (exact) mass is 291 g/mol. The average molecular weight is 292 g/mol. The van der Waals surface area contributed by atoms with E-state index in [4.69, 9.17) is 4.74 Å². The number of halogens is 1. The van der Waals surface area contributed by atoms with Gasteiger partial charge in [-0.15, -0.1) is 0 Å². The topological polar surface area (TPSA) is 49.8 Å². The normalized spacial score (nSPS) is 38.7. The molecule has 2 fully saturated rings. The van der Waals surface area contributed by atoms with Crippen molar-refractivity contribution in [1.82, 2.24) is 4.90 Å². The number of carbonyl (C=O) groups is 1. The Morgan fingerprint density at radius 3 is 2.94 bits per heavy atom. The molecule has 0 aromatic carbocycles. The maximum atomic E-state index is 11.7. The molecular formula is C11H18BrNO3. The molecule has 0 amide bonds. The molecule has 0 aromatic heterocycles. The second kappa shape index (κ2) is 5.02. The third-order valence-electron chi connectivity index (χ3n) is 3.85. The third kappa shape index (κ3) is 2.00. The second-order valence-electron chi connectivity index (χ2n) is 4.58. The van der Waals surface area contributed by atoms with Crippen molar-refractivity contribution in [2.45, 2.75) is 37.5 Å². The number of hydrogen-bond acceptors (Lipinski definition) is 4. The standard InChI is InChI=1S/C11H18BrNO3/c1-16-11(15)10-8-3-2-7(6-9(10)14)13(8)5-4-12/h7-10,14H,2-6H2,1H3/t7-,8+,9-,10+/m0/s1. The summed E-state index contributed by atoms with van der Waals surface area (Å²) in [7, 11) is 1.39. The van der Waals surface area contributed by atoms with Crippen molar-refractivity contribution in [1.29, 1.82) is 0 Å². The zero-order valence-electron chi connectivity index (χ0n) is 9.43. The van der Waals surface area contributed by atoms with Crippen molar-refractivity contribution in [2.75, 3.05) is 19.0 Å². The van der Waals surface area contributed by atoms with Crippen LogP contribution in [0.5, 0.6) is 0 Å². The third-order valence-corrected chi connectivity index (χ3v) is 4.20. The molecule has 0 aliphatic carbocycles. The fourth-order valence-corrected chi connectivity index (χ4v) is 3.59. The van der Waals surface area contributed by atoms with Gasteiger partial charge in [-0.1, -0.05) is 15.9 Å². The summed E-state index contributed by atoms with van der Waals surface area (Å²) >= 11 is 3.44. The molecule has 1 N–H and O–H groups in total. The highest BCUT2D eigenvalue weighted by Gasteiger charge is 2.49. The van der Waals surface area contributed by atoms with Gasteiger partial charge in [0, 0.05) is 24.0 Å². The van der Waals surface area contributed by atoms with Gasteiger partial charge in [-0.05, 0) is 19.3 Å². The van der Waals surface area contributed by atoms with Gasteiger partial charge in [0.2, 0.25) is 0 Å². The summed E-state index contributed by atoms with van der Waals surface area (Å²) in [5.41, 5.74) is 0. The van der Waals surface area contributed by atoms with Crippen LogP contribution in [-0.4, -0.2) is 53.1 Å². The van der Waals surface area contributed by atoms with Gasteiger partial charge in [0.05, 0.1) is 19.1 Å². The SMILES string of the molecule is COC(=O)[C@@H]1[C@H]2CC[C@@H](C[C@@H]1O)N2CCBr. The minimum Gasteiger partial charge on any atom is -0.469 e. The summed E-state index contributed by atoms with van der Waals surface area (Å²) in [6.07, 6.45) is 2.25. The predicted octanol–water partition coefficient (Wildman–Crippen LogP) is 0.768. The molecule has 0 aromatic rings. The number of hydrogen-bond donors (Lipinski definition) is 1. The van der Waals surface area contributed by atoms with E-state index in [2.05, 4.69) is 20.8 Å². The summed E-state index contributed by atoms with van der Waals surface area (Å²) in [4.78, 5) is 14.0. The zero-order valence-corrected chi connectivity index (χ0v) is 11.0. The molecule has 2 heterocycles. The summed E-state index contributed by atoms with van der Waals surface area (Å²) in [5.74, 6) is -0.625. The number of fused-ring (bicyclic) bond motifs is 2. The summed E-state index contributed by atoms with van der Waals surface area (Å²) in [6.45, 7) is 0.940. The molecule has 92 valence electrons. The number of esters is 1. The van der Waals surface area contributed by atoms with Gasteiger partial charge in [-0.25, -0.2) is 0 Å². The Balaban J connectivity index is 2.15. The molecule has 0 spiro atoms. The van der Waals surface area contributed by atoms with E-state index in [1.165, 1.54) is 7.11 Å². The molecule has 2 rings (SSSR count). The number of methoxy groups -OCH3 is 1. The molecule has 2 saturated heterocycles. The van der Waals surface area contributed by atoms with Crippen molar-refractivity contribution in [2.24, 2.45) is 5.92 Å². The highest BCUT2D eigenvalue weighted by molar-refractivity contribution is 9.09. The van der Waals surface area contributed by atoms with E-state index >= 15 is 0 Å². The van der Waals surface area contributed by atoms with Crippen LogP contribution < -0.4 is 0 Å². The van der Waals surface area contributed by atoms with Gasteiger partial charge in [-0.2, -0.15) is 0 Å². The predicted molar refractivity (Wildman–Crippen MR) is 63.4 cm³/mol. The fraction of sp³-hybridized carbons (Fsp3) is 0.909. The van der Waals surface area contributed by atoms with Crippen LogP contribution in [0.15, 0.2) is 0 Å². The van der Waals surface area contributed by atoms with Crippen LogP contribution in [0.2, 0.25) is 0 Å². The molecule has 0 unspecified atom stereocenters. The Morgan fingerprint density at radius 2 is 2.31 bits per heavy atom. The van der Waals surface area contributed by atoms with Gasteiger partial charge in [0.1, 0.15) is 0 Å². The molecule has 4 nitrogen and oxygen atoms in total. The van der Waals surface area contributed by atoms with Gasteiger partial charge in [0.25, 0.3) is 0 Å². The van der Waals surface area contributed by atoms with Crippen LogP contribution in [0, 0.1) is 5.92 Å². The van der Waals surface area contributed by atoms with Crippen LogP contribution in [0.3, 0.4) is 0 Å². The van der Waals surface area contributed by atoms with E-state index in [9.17, 15) is 9.90 Å². The number of alkyl halides is 1. The molecule has 2 aliphatic rings. The van der Waals surface area contributed by atoms with Crippen LogP contribution in [0.4, 0.5) is 0 Å². The number of aliphatic hydroxyl groups excluding tert-OH is 1. The lowest BCUT2D eigenvalue weighted by atomic mass is 9.87. The van der Waals surface area contributed by atoms with E-state index in [0.29, 0.717) is 12.5 Å². The van der Waals surface area contributed by atoms with E-state index < -0.39 is 6.10 Å². The van der Waals surface area contributed by atoms with Crippen LogP contribution in [0.1, 0.15) is 19.3 Å². The number of rotatable bonds is 3. The fourth-order valence-electron chi connectivity index (χ4n) is 3.18. The van der Waals surface area contributed by atoms with Gasteiger partial charge < -0.3 is 9.84 Å². The summed E-state index contributed by atoms with van der Waals surface area (Å²) in [5, 5.41) is 10.9.